The van der Waals surface area contributed by atoms with Gasteiger partial charge in [0.1, 0.15) is 6.04 Å². The largest absolute Gasteiger partial charge is 0.338 e. The van der Waals surface area contributed by atoms with Gasteiger partial charge in [-0.25, -0.2) is 4.98 Å². The number of piperazine rings is 1. The maximum absolute atomic E-state index is 13.5. The average molecular weight is 441 g/mol. The van der Waals surface area contributed by atoms with E-state index in [4.69, 9.17) is 0 Å². The molecular formula is C24H32N4O2S. The molecule has 31 heavy (non-hydrogen) atoms. The molecule has 6 nitrogen and oxygen atoms in total. The van der Waals surface area contributed by atoms with Gasteiger partial charge < -0.3 is 9.80 Å². The van der Waals surface area contributed by atoms with Crippen molar-refractivity contribution in [1.82, 2.24) is 19.7 Å². The molecule has 4 rings (SSSR count). The molecule has 2 aromatic rings. The van der Waals surface area contributed by atoms with E-state index in [0.717, 1.165) is 35.9 Å². The highest BCUT2D eigenvalue weighted by Gasteiger charge is 2.37. The van der Waals surface area contributed by atoms with Gasteiger partial charge in [0.15, 0.2) is 0 Å². The Morgan fingerprint density at radius 2 is 1.84 bits per heavy atom. The summed E-state index contributed by atoms with van der Waals surface area (Å²) in [4.78, 5) is 37.2. The van der Waals surface area contributed by atoms with Crippen molar-refractivity contribution in [2.45, 2.75) is 52.7 Å². The second kappa shape index (κ2) is 9.49. The number of carbonyl (C=O) groups excluding carboxylic acids is 2. The number of hydrogen-bond donors (Lipinski definition) is 0. The van der Waals surface area contributed by atoms with Crippen molar-refractivity contribution in [2.24, 2.45) is 5.92 Å². The summed E-state index contributed by atoms with van der Waals surface area (Å²) in [6.45, 7) is 10.6. The SMILES string of the molecule is Cc1nc(CN2CCN(C(=O)C3Cc4ccccc4CN3C(=O)CC(C)C)CC2)cs1. The second-order valence-electron chi connectivity index (χ2n) is 9.07. The van der Waals surface area contributed by atoms with Crippen LogP contribution in [0, 0.1) is 12.8 Å². The Morgan fingerprint density at radius 3 is 2.48 bits per heavy atom. The molecule has 0 spiro atoms. The van der Waals surface area contributed by atoms with Crippen molar-refractivity contribution < 1.29 is 9.59 Å². The molecule has 0 bridgehead atoms. The number of hydrogen-bond acceptors (Lipinski definition) is 5. The number of amides is 2. The van der Waals surface area contributed by atoms with Crippen LogP contribution in [0.1, 0.15) is 42.1 Å². The van der Waals surface area contributed by atoms with E-state index in [9.17, 15) is 9.59 Å². The zero-order valence-corrected chi connectivity index (χ0v) is 19.5. The van der Waals surface area contributed by atoms with Crippen molar-refractivity contribution in [3.8, 4) is 0 Å². The first kappa shape index (κ1) is 22.0. The molecule has 0 N–H and O–H groups in total. The molecule has 7 heteroatoms. The molecule has 1 atom stereocenters. The van der Waals surface area contributed by atoms with Gasteiger partial charge >= 0.3 is 0 Å². The molecule has 0 aliphatic carbocycles. The average Bonchev–Trinajstić information content (AvgIpc) is 3.17. The number of rotatable bonds is 5. The van der Waals surface area contributed by atoms with E-state index in [2.05, 4.69) is 41.2 Å². The predicted octanol–water partition coefficient (Wildman–Crippen LogP) is 3.10. The monoisotopic (exact) mass is 440 g/mol. The van der Waals surface area contributed by atoms with Gasteiger partial charge in [-0.2, -0.15) is 0 Å². The molecule has 166 valence electrons. The third-order valence-corrected chi connectivity index (χ3v) is 7.00. The Labute approximate surface area is 188 Å². The van der Waals surface area contributed by atoms with Crippen molar-refractivity contribution in [3.05, 3.63) is 51.5 Å². The highest BCUT2D eigenvalue weighted by Crippen LogP contribution is 2.26. The lowest BCUT2D eigenvalue weighted by molar-refractivity contribution is -0.148. The second-order valence-corrected chi connectivity index (χ2v) is 10.1. The van der Waals surface area contributed by atoms with Crippen LogP contribution in [0.3, 0.4) is 0 Å². The van der Waals surface area contributed by atoms with Crippen LogP contribution < -0.4 is 0 Å². The lowest BCUT2D eigenvalue weighted by atomic mass is 9.92. The van der Waals surface area contributed by atoms with E-state index < -0.39 is 6.04 Å². The van der Waals surface area contributed by atoms with E-state index in [-0.39, 0.29) is 17.7 Å². The fourth-order valence-corrected chi connectivity index (χ4v) is 5.12. The van der Waals surface area contributed by atoms with Gasteiger partial charge in [-0.15, -0.1) is 11.3 Å². The van der Waals surface area contributed by atoms with Crippen molar-refractivity contribution in [1.29, 1.82) is 0 Å². The van der Waals surface area contributed by atoms with Crippen LogP contribution in [0.2, 0.25) is 0 Å². The molecule has 0 saturated carbocycles. The van der Waals surface area contributed by atoms with Crippen LogP contribution in [-0.2, 0) is 29.1 Å². The number of aryl methyl sites for hydroxylation is 1. The molecule has 2 aliphatic rings. The summed E-state index contributed by atoms with van der Waals surface area (Å²) in [5.74, 6) is 0.453. The number of fused-ring (bicyclic) bond motifs is 1. The third kappa shape index (κ3) is 5.15. The highest BCUT2D eigenvalue weighted by molar-refractivity contribution is 7.09. The molecule has 0 radical (unpaired) electrons. The highest BCUT2D eigenvalue weighted by atomic mass is 32.1. The smallest absolute Gasteiger partial charge is 0.245 e. The minimum Gasteiger partial charge on any atom is -0.338 e. The maximum atomic E-state index is 13.5. The predicted molar refractivity (Wildman–Crippen MR) is 123 cm³/mol. The Balaban J connectivity index is 1.43. The van der Waals surface area contributed by atoms with E-state index in [0.29, 0.717) is 32.5 Å². The topological polar surface area (TPSA) is 56.8 Å². The number of benzene rings is 1. The van der Waals surface area contributed by atoms with E-state index in [1.54, 1.807) is 11.3 Å². The molecule has 1 aromatic carbocycles. The summed E-state index contributed by atoms with van der Waals surface area (Å²) < 4.78 is 0. The van der Waals surface area contributed by atoms with Gasteiger partial charge in [0.05, 0.1) is 10.7 Å². The van der Waals surface area contributed by atoms with Crippen molar-refractivity contribution in [3.63, 3.8) is 0 Å². The first-order valence-electron chi connectivity index (χ1n) is 11.2. The summed E-state index contributed by atoms with van der Waals surface area (Å²) >= 11 is 1.68. The summed E-state index contributed by atoms with van der Waals surface area (Å²) in [5, 5.41) is 3.21. The van der Waals surface area contributed by atoms with Gasteiger partial charge in [0, 0.05) is 57.5 Å². The van der Waals surface area contributed by atoms with Crippen LogP contribution in [0.5, 0.6) is 0 Å². The molecule has 2 aliphatic heterocycles. The quantitative estimate of drug-likeness (QED) is 0.717. The lowest BCUT2D eigenvalue weighted by Crippen LogP contribution is -2.57. The first-order chi connectivity index (χ1) is 14.9. The number of thiazole rings is 1. The van der Waals surface area contributed by atoms with E-state index >= 15 is 0 Å². The number of aromatic nitrogens is 1. The lowest BCUT2D eigenvalue weighted by Gasteiger charge is -2.41. The van der Waals surface area contributed by atoms with Gasteiger partial charge in [-0.05, 0) is 24.0 Å². The standard InChI is InChI=1S/C24H32N4O2S/c1-17(2)12-23(29)28-14-20-7-5-4-6-19(20)13-22(28)24(30)27-10-8-26(9-11-27)15-21-16-31-18(3)25-21/h4-7,16-17,22H,8-15H2,1-3H3. The molecule has 1 unspecified atom stereocenters. The molecule has 1 aromatic heterocycles. The molecule has 2 amide bonds. The first-order valence-corrected chi connectivity index (χ1v) is 12.1. The summed E-state index contributed by atoms with van der Waals surface area (Å²) in [6, 6.07) is 7.80. The van der Waals surface area contributed by atoms with Crippen LogP contribution in [0.15, 0.2) is 29.6 Å². The minimum atomic E-state index is -0.395. The van der Waals surface area contributed by atoms with Gasteiger partial charge in [-0.1, -0.05) is 38.1 Å². The minimum absolute atomic E-state index is 0.0837. The number of carbonyl (C=O) groups is 2. The Hall–Kier alpha value is -2.25. The van der Waals surface area contributed by atoms with Crippen molar-refractivity contribution in [2.75, 3.05) is 26.2 Å². The molecule has 1 fully saturated rings. The van der Waals surface area contributed by atoms with Gasteiger partial charge in [0.25, 0.3) is 0 Å². The van der Waals surface area contributed by atoms with Gasteiger partial charge in [-0.3, -0.25) is 14.5 Å². The van der Waals surface area contributed by atoms with Crippen molar-refractivity contribution >= 4 is 23.2 Å². The molecule has 1 saturated heterocycles. The summed E-state index contributed by atoms with van der Waals surface area (Å²) in [6.07, 6.45) is 1.09. The summed E-state index contributed by atoms with van der Waals surface area (Å²) in [7, 11) is 0. The Morgan fingerprint density at radius 1 is 1.13 bits per heavy atom. The normalized spacial score (nSPS) is 19.5. The summed E-state index contributed by atoms with van der Waals surface area (Å²) in [5.41, 5.74) is 3.45. The Bertz CT molecular complexity index is 933. The van der Waals surface area contributed by atoms with Crippen LogP contribution in [0.25, 0.3) is 0 Å². The fourth-order valence-electron chi connectivity index (χ4n) is 4.52. The third-order valence-electron chi connectivity index (χ3n) is 6.17. The van der Waals surface area contributed by atoms with E-state index in [1.165, 1.54) is 5.56 Å². The van der Waals surface area contributed by atoms with Gasteiger partial charge in [0.2, 0.25) is 11.8 Å². The van der Waals surface area contributed by atoms with Crippen LogP contribution in [0.4, 0.5) is 0 Å². The molecule has 3 heterocycles. The Kier molecular flexibility index (Phi) is 6.72. The maximum Gasteiger partial charge on any atom is 0.245 e. The van der Waals surface area contributed by atoms with Crippen LogP contribution >= 0.6 is 11.3 Å². The fraction of sp³-hybridized carbons (Fsp3) is 0.542. The number of nitrogens with zero attached hydrogens (tertiary/aromatic N) is 4. The molecular weight excluding hydrogens is 408 g/mol. The van der Waals surface area contributed by atoms with Crippen LogP contribution in [-0.4, -0.2) is 63.7 Å². The van der Waals surface area contributed by atoms with E-state index in [1.807, 2.05) is 28.9 Å². The zero-order valence-electron chi connectivity index (χ0n) is 18.7. The zero-order chi connectivity index (χ0) is 22.0.